The molecule has 2 N–H and O–H groups in total. The van der Waals surface area contributed by atoms with Crippen molar-refractivity contribution in [3.8, 4) is 0 Å². The summed E-state index contributed by atoms with van der Waals surface area (Å²) in [5, 5.41) is 14.3. The summed E-state index contributed by atoms with van der Waals surface area (Å²) in [4.78, 5) is 0. The molecule has 4 heteroatoms. The molecule has 0 amide bonds. The van der Waals surface area contributed by atoms with Gasteiger partial charge in [0.1, 0.15) is 0 Å². The molecule has 0 heterocycles. The zero-order valence-electron chi connectivity index (χ0n) is 8.43. The molecule has 1 aromatic carbocycles. The lowest BCUT2D eigenvalue weighted by molar-refractivity contribution is -0.0286. The van der Waals surface area contributed by atoms with E-state index in [2.05, 4.69) is 5.32 Å². The largest absolute Gasteiger partial charge is 0.388 e. The van der Waals surface area contributed by atoms with Crippen molar-refractivity contribution >= 4 is 28.9 Å². The molecule has 1 saturated carbocycles. The van der Waals surface area contributed by atoms with Crippen molar-refractivity contribution in [2.45, 2.75) is 31.4 Å². The highest BCUT2D eigenvalue weighted by molar-refractivity contribution is 6.36. The number of nitrogens with one attached hydrogen (secondary N) is 1. The third-order valence-electron chi connectivity index (χ3n) is 2.95. The average Bonchev–Trinajstić information content (AvgIpc) is 2.15. The molecule has 0 aromatic heterocycles. The maximum Gasteiger partial charge on any atom is 0.0820 e. The SMILES string of the molecule is C[C@]1(O)CC[C@@H]1Nc1ccc(Cl)cc1Cl. The number of hydrogen-bond donors (Lipinski definition) is 2. The van der Waals surface area contributed by atoms with Gasteiger partial charge in [-0.1, -0.05) is 23.2 Å². The number of hydrogen-bond acceptors (Lipinski definition) is 2. The molecule has 2 rings (SSSR count). The van der Waals surface area contributed by atoms with Gasteiger partial charge in [-0.05, 0) is 38.0 Å². The summed E-state index contributed by atoms with van der Waals surface area (Å²) in [7, 11) is 0. The van der Waals surface area contributed by atoms with Crippen molar-refractivity contribution in [3.63, 3.8) is 0 Å². The summed E-state index contributed by atoms with van der Waals surface area (Å²) in [6.45, 7) is 1.83. The summed E-state index contributed by atoms with van der Waals surface area (Å²) in [5.74, 6) is 0. The minimum absolute atomic E-state index is 0.0798. The molecule has 1 aliphatic rings. The molecule has 0 saturated heterocycles. The van der Waals surface area contributed by atoms with E-state index in [1.807, 2.05) is 13.0 Å². The lowest BCUT2D eigenvalue weighted by atomic mass is 9.76. The zero-order chi connectivity index (χ0) is 11.1. The van der Waals surface area contributed by atoms with Gasteiger partial charge in [-0.3, -0.25) is 0 Å². The van der Waals surface area contributed by atoms with Crippen LogP contribution in [0, 0.1) is 0 Å². The van der Waals surface area contributed by atoms with E-state index >= 15 is 0 Å². The van der Waals surface area contributed by atoms with Crippen LogP contribution in [0.15, 0.2) is 18.2 Å². The van der Waals surface area contributed by atoms with E-state index in [1.54, 1.807) is 12.1 Å². The molecule has 15 heavy (non-hydrogen) atoms. The topological polar surface area (TPSA) is 32.3 Å². The van der Waals surface area contributed by atoms with Gasteiger partial charge in [0.2, 0.25) is 0 Å². The molecular formula is C11H13Cl2NO. The molecule has 1 fully saturated rings. The second-order valence-electron chi connectivity index (χ2n) is 4.22. The van der Waals surface area contributed by atoms with Gasteiger partial charge < -0.3 is 10.4 Å². The van der Waals surface area contributed by atoms with E-state index in [-0.39, 0.29) is 6.04 Å². The Bertz CT molecular complexity index is 379. The highest BCUT2D eigenvalue weighted by Gasteiger charge is 2.40. The average molecular weight is 246 g/mol. The standard InChI is InChI=1S/C11H13Cl2NO/c1-11(15)5-4-10(11)14-9-3-2-7(12)6-8(9)13/h2-3,6,10,14-15H,4-5H2,1H3/t10-,11-/m0/s1. The zero-order valence-corrected chi connectivity index (χ0v) is 9.94. The number of aliphatic hydroxyl groups is 1. The smallest absolute Gasteiger partial charge is 0.0820 e. The molecule has 0 spiro atoms. The molecule has 0 bridgehead atoms. The maximum absolute atomic E-state index is 9.85. The van der Waals surface area contributed by atoms with E-state index in [1.165, 1.54) is 0 Å². The van der Waals surface area contributed by atoms with Gasteiger partial charge in [0, 0.05) is 5.02 Å². The number of halogens is 2. The lowest BCUT2D eigenvalue weighted by Crippen LogP contribution is -2.53. The molecule has 2 atom stereocenters. The second-order valence-corrected chi connectivity index (χ2v) is 5.06. The summed E-state index contributed by atoms with van der Waals surface area (Å²) in [6, 6.07) is 5.39. The van der Waals surface area contributed by atoms with E-state index in [0.29, 0.717) is 10.0 Å². The van der Waals surface area contributed by atoms with E-state index < -0.39 is 5.60 Å². The Balaban J connectivity index is 2.11. The first-order chi connectivity index (χ1) is 6.99. The number of anilines is 1. The fourth-order valence-corrected chi connectivity index (χ4v) is 2.19. The maximum atomic E-state index is 9.85. The Kier molecular flexibility index (Phi) is 2.84. The van der Waals surface area contributed by atoms with Crippen molar-refractivity contribution in [1.29, 1.82) is 0 Å². The van der Waals surface area contributed by atoms with Crippen LogP contribution in [0.3, 0.4) is 0 Å². The fourth-order valence-electron chi connectivity index (χ4n) is 1.73. The lowest BCUT2D eigenvalue weighted by Gasteiger charge is -2.43. The Morgan fingerprint density at radius 2 is 2.20 bits per heavy atom. The van der Waals surface area contributed by atoms with Crippen LogP contribution in [0.2, 0.25) is 10.0 Å². The molecule has 0 radical (unpaired) electrons. The Hall–Kier alpha value is -0.440. The molecule has 0 aliphatic heterocycles. The van der Waals surface area contributed by atoms with Gasteiger partial charge in [0.05, 0.1) is 22.4 Å². The van der Waals surface area contributed by atoms with Crippen LogP contribution >= 0.6 is 23.2 Å². The fraction of sp³-hybridized carbons (Fsp3) is 0.455. The van der Waals surface area contributed by atoms with Crippen LogP contribution in [0.5, 0.6) is 0 Å². The second kappa shape index (κ2) is 3.85. The van der Waals surface area contributed by atoms with Crippen LogP contribution in [0.1, 0.15) is 19.8 Å². The summed E-state index contributed by atoms with van der Waals surface area (Å²) in [6.07, 6.45) is 1.79. The molecular weight excluding hydrogens is 233 g/mol. The highest BCUT2D eigenvalue weighted by Crippen LogP contribution is 2.36. The molecule has 1 aliphatic carbocycles. The van der Waals surface area contributed by atoms with Crippen LogP contribution in [-0.2, 0) is 0 Å². The van der Waals surface area contributed by atoms with E-state index in [0.717, 1.165) is 18.5 Å². The van der Waals surface area contributed by atoms with E-state index in [4.69, 9.17) is 23.2 Å². The Morgan fingerprint density at radius 3 is 2.67 bits per heavy atom. The minimum Gasteiger partial charge on any atom is -0.388 e. The normalized spacial score (nSPS) is 29.7. The summed E-state index contributed by atoms with van der Waals surface area (Å²) in [5.41, 5.74) is 0.203. The molecule has 0 unspecified atom stereocenters. The third kappa shape index (κ3) is 2.22. The first-order valence-corrected chi connectivity index (χ1v) is 5.68. The quantitative estimate of drug-likeness (QED) is 0.838. The van der Waals surface area contributed by atoms with Crippen LogP contribution in [0.25, 0.3) is 0 Å². The number of benzene rings is 1. The minimum atomic E-state index is -0.622. The van der Waals surface area contributed by atoms with Gasteiger partial charge in [-0.15, -0.1) is 0 Å². The number of rotatable bonds is 2. The predicted molar refractivity (Wildman–Crippen MR) is 63.7 cm³/mol. The van der Waals surface area contributed by atoms with E-state index in [9.17, 15) is 5.11 Å². The van der Waals surface area contributed by atoms with Crippen molar-refractivity contribution in [2.24, 2.45) is 0 Å². The van der Waals surface area contributed by atoms with Crippen molar-refractivity contribution in [2.75, 3.05) is 5.32 Å². The van der Waals surface area contributed by atoms with Gasteiger partial charge in [0.25, 0.3) is 0 Å². The van der Waals surface area contributed by atoms with Gasteiger partial charge in [-0.25, -0.2) is 0 Å². The van der Waals surface area contributed by atoms with Gasteiger partial charge in [-0.2, -0.15) is 0 Å². The Labute approximate surface area is 99.2 Å². The summed E-state index contributed by atoms with van der Waals surface area (Å²) >= 11 is 11.8. The van der Waals surface area contributed by atoms with Crippen molar-refractivity contribution in [3.05, 3.63) is 28.2 Å². The highest BCUT2D eigenvalue weighted by atomic mass is 35.5. The summed E-state index contributed by atoms with van der Waals surface area (Å²) < 4.78 is 0. The molecule has 1 aromatic rings. The van der Waals surface area contributed by atoms with Crippen molar-refractivity contribution in [1.82, 2.24) is 0 Å². The third-order valence-corrected chi connectivity index (χ3v) is 3.50. The van der Waals surface area contributed by atoms with Crippen molar-refractivity contribution < 1.29 is 5.11 Å². The first-order valence-electron chi connectivity index (χ1n) is 4.93. The predicted octanol–water partition coefficient (Wildman–Crippen LogP) is 3.32. The Morgan fingerprint density at radius 1 is 1.47 bits per heavy atom. The van der Waals surface area contributed by atoms with Gasteiger partial charge in [0.15, 0.2) is 0 Å². The molecule has 2 nitrogen and oxygen atoms in total. The molecule has 82 valence electrons. The monoisotopic (exact) mass is 245 g/mol. The first kappa shape index (κ1) is 11.1. The van der Waals surface area contributed by atoms with Crippen LogP contribution in [0.4, 0.5) is 5.69 Å². The van der Waals surface area contributed by atoms with Gasteiger partial charge >= 0.3 is 0 Å². The van der Waals surface area contributed by atoms with Crippen LogP contribution < -0.4 is 5.32 Å². The van der Waals surface area contributed by atoms with Crippen LogP contribution in [-0.4, -0.2) is 16.7 Å².